The molecule has 0 aromatic heterocycles. The highest BCUT2D eigenvalue weighted by Gasteiger charge is 2.29. The average molecular weight is 229 g/mol. The van der Waals surface area contributed by atoms with Crippen molar-refractivity contribution >= 4 is 22.8 Å². The molecule has 1 fully saturated rings. The van der Waals surface area contributed by atoms with E-state index in [0.717, 1.165) is 10.9 Å². The largest absolute Gasteiger partial charge is 0.369 e. The molecule has 0 radical (unpaired) electrons. The van der Waals surface area contributed by atoms with Gasteiger partial charge in [0.2, 0.25) is 5.91 Å². The van der Waals surface area contributed by atoms with Crippen molar-refractivity contribution in [3.05, 3.63) is 0 Å². The molecule has 0 atom stereocenters. The van der Waals surface area contributed by atoms with Crippen molar-refractivity contribution in [2.75, 3.05) is 12.3 Å². The molecule has 3 N–H and O–H groups in total. The molecule has 86 valence electrons. The second-order valence-electron chi connectivity index (χ2n) is 5.17. The zero-order valence-electron chi connectivity index (χ0n) is 9.76. The summed E-state index contributed by atoms with van der Waals surface area (Å²) in [7, 11) is 0. The minimum absolute atomic E-state index is 0.0976. The lowest BCUT2D eigenvalue weighted by Crippen LogP contribution is -2.38. The maximum atomic E-state index is 11.1. The molecule has 1 rings (SSSR count). The number of carbonyl (C=O) groups excluding carboxylic acids is 1. The summed E-state index contributed by atoms with van der Waals surface area (Å²) in [6.07, 6.45) is 0. The lowest BCUT2D eigenvalue weighted by molar-refractivity contribution is -0.125. The van der Waals surface area contributed by atoms with Crippen LogP contribution in [0.5, 0.6) is 0 Å². The smallest absolute Gasteiger partial charge is 0.224 e. The molecule has 1 amide bonds. The van der Waals surface area contributed by atoms with E-state index >= 15 is 0 Å². The molecule has 0 aromatic rings. The van der Waals surface area contributed by atoms with Gasteiger partial charge in [0.25, 0.3) is 0 Å². The molecular formula is C10H19N3OS. The Kier molecular flexibility index (Phi) is 3.33. The Morgan fingerprint density at radius 3 is 2.67 bits per heavy atom. The highest BCUT2D eigenvalue weighted by atomic mass is 32.2. The first-order chi connectivity index (χ1) is 6.73. The van der Waals surface area contributed by atoms with Crippen LogP contribution >= 0.6 is 11.8 Å². The van der Waals surface area contributed by atoms with Crippen molar-refractivity contribution in [1.82, 2.24) is 5.32 Å². The molecule has 1 heterocycles. The first kappa shape index (κ1) is 12.4. The van der Waals surface area contributed by atoms with E-state index in [0.29, 0.717) is 6.54 Å². The number of nitrogens with one attached hydrogen (secondary N) is 1. The molecule has 4 nitrogen and oxygen atoms in total. The second-order valence-corrected chi connectivity index (χ2v) is 6.13. The Morgan fingerprint density at radius 2 is 2.27 bits per heavy atom. The van der Waals surface area contributed by atoms with E-state index in [1.807, 2.05) is 13.8 Å². The van der Waals surface area contributed by atoms with Crippen molar-refractivity contribution in [3.63, 3.8) is 0 Å². The Labute approximate surface area is 95.1 Å². The standard InChI is InChI=1S/C10H19N3OS/c1-9(2,7(11)14)5-12-8-13-10(3,4)6-15-8/h5-6H2,1-4H3,(H2,11,14)(H,12,13). The number of primary amides is 1. The highest BCUT2D eigenvalue weighted by Crippen LogP contribution is 2.23. The zero-order valence-corrected chi connectivity index (χ0v) is 10.6. The summed E-state index contributed by atoms with van der Waals surface area (Å²) in [5.74, 6) is 0.692. The summed E-state index contributed by atoms with van der Waals surface area (Å²) in [4.78, 5) is 15.5. The van der Waals surface area contributed by atoms with E-state index in [1.165, 1.54) is 0 Å². The number of nitrogens with two attached hydrogens (primary N) is 1. The van der Waals surface area contributed by atoms with Crippen molar-refractivity contribution in [2.24, 2.45) is 16.1 Å². The van der Waals surface area contributed by atoms with Crippen LogP contribution in [0, 0.1) is 5.41 Å². The van der Waals surface area contributed by atoms with Crippen LogP contribution in [0.3, 0.4) is 0 Å². The molecule has 1 saturated heterocycles. The van der Waals surface area contributed by atoms with E-state index < -0.39 is 5.41 Å². The minimum Gasteiger partial charge on any atom is -0.369 e. The highest BCUT2D eigenvalue weighted by molar-refractivity contribution is 8.14. The van der Waals surface area contributed by atoms with Gasteiger partial charge in [0.05, 0.1) is 12.0 Å². The number of amidine groups is 1. The van der Waals surface area contributed by atoms with Crippen LogP contribution in [0.2, 0.25) is 0 Å². The maximum absolute atomic E-state index is 11.1. The molecule has 0 aromatic carbocycles. The number of carbonyl (C=O) groups is 1. The Balaban J connectivity index is 2.57. The van der Waals surface area contributed by atoms with Gasteiger partial charge >= 0.3 is 0 Å². The number of aliphatic imine (C=N–C) groups is 1. The van der Waals surface area contributed by atoms with Gasteiger partial charge in [-0.15, -0.1) is 0 Å². The molecule has 15 heavy (non-hydrogen) atoms. The van der Waals surface area contributed by atoms with Crippen LogP contribution in [0.4, 0.5) is 0 Å². The fourth-order valence-electron chi connectivity index (χ4n) is 1.04. The van der Waals surface area contributed by atoms with Crippen LogP contribution in [-0.4, -0.2) is 28.9 Å². The van der Waals surface area contributed by atoms with Crippen LogP contribution in [0.25, 0.3) is 0 Å². The molecule has 0 saturated carbocycles. The second kappa shape index (κ2) is 4.04. The van der Waals surface area contributed by atoms with Crippen LogP contribution in [0.1, 0.15) is 27.7 Å². The molecular weight excluding hydrogens is 210 g/mol. The fraction of sp³-hybridized carbons (Fsp3) is 0.800. The average Bonchev–Trinajstić information content (AvgIpc) is 2.42. The van der Waals surface area contributed by atoms with Gasteiger partial charge in [-0.25, -0.2) is 0 Å². The molecule has 0 spiro atoms. The number of rotatable bonds is 3. The first-order valence-corrected chi connectivity index (χ1v) is 5.97. The van der Waals surface area contributed by atoms with Gasteiger partial charge in [0.1, 0.15) is 0 Å². The fourth-order valence-corrected chi connectivity index (χ4v) is 2.12. The molecule has 1 aliphatic heterocycles. The number of thioether (sulfide) groups is 1. The number of hydrogen-bond acceptors (Lipinski definition) is 3. The SMILES string of the molecule is CC1(C)CSC(=NCC(C)(C)C(N)=O)N1. The minimum atomic E-state index is -0.567. The third-order valence-corrected chi connectivity index (χ3v) is 3.67. The summed E-state index contributed by atoms with van der Waals surface area (Å²) in [5.41, 5.74) is 4.80. The van der Waals surface area contributed by atoms with Crippen LogP contribution < -0.4 is 11.1 Å². The van der Waals surface area contributed by atoms with Gasteiger partial charge in [-0.3, -0.25) is 9.79 Å². The van der Waals surface area contributed by atoms with E-state index in [-0.39, 0.29) is 11.4 Å². The molecule has 5 heteroatoms. The lowest BCUT2D eigenvalue weighted by Gasteiger charge is -2.19. The summed E-state index contributed by atoms with van der Waals surface area (Å²) >= 11 is 1.69. The predicted molar refractivity (Wildman–Crippen MR) is 65.0 cm³/mol. The number of amides is 1. The van der Waals surface area contributed by atoms with Gasteiger partial charge in [-0.05, 0) is 27.7 Å². The Bertz CT molecular complexity index is 297. The monoisotopic (exact) mass is 229 g/mol. The Morgan fingerprint density at radius 1 is 1.67 bits per heavy atom. The predicted octanol–water partition coefficient (Wildman–Crippen LogP) is 0.969. The van der Waals surface area contributed by atoms with E-state index in [1.54, 1.807) is 11.8 Å². The van der Waals surface area contributed by atoms with E-state index in [4.69, 9.17) is 5.73 Å². The third-order valence-electron chi connectivity index (χ3n) is 2.30. The lowest BCUT2D eigenvalue weighted by atomic mass is 9.93. The number of nitrogens with zero attached hydrogens (tertiary/aromatic N) is 1. The Hall–Kier alpha value is -0.710. The normalized spacial score (nSPS) is 22.8. The van der Waals surface area contributed by atoms with Crippen molar-refractivity contribution in [3.8, 4) is 0 Å². The summed E-state index contributed by atoms with van der Waals surface area (Å²) in [6, 6.07) is 0. The summed E-state index contributed by atoms with van der Waals surface area (Å²) < 4.78 is 0. The van der Waals surface area contributed by atoms with Gasteiger partial charge in [-0.2, -0.15) is 0 Å². The molecule has 0 aliphatic carbocycles. The summed E-state index contributed by atoms with van der Waals surface area (Å²) in [5, 5.41) is 4.21. The van der Waals surface area contributed by atoms with Crippen molar-refractivity contribution in [1.29, 1.82) is 0 Å². The molecule has 1 aliphatic rings. The summed E-state index contributed by atoms with van der Waals surface area (Å²) in [6.45, 7) is 8.31. The van der Waals surface area contributed by atoms with Crippen LogP contribution in [0.15, 0.2) is 4.99 Å². The first-order valence-electron chi connectivity index (χ1n) is 4.98. The third kappa shape index (κ3) is 3.41. The van der Waals surface area contributed by atoms with E-state index in [9.17, 15) is 4.79 Å². The maximum Gasteiger partial charge on any atom is 0.224 e. The molecule has 0 bridgehead atoms. The zero-order chi connectivity index (χ0) is 11.7. The van der Waals surface area contributed by atoms with Crippen LogP contribution in [-0.2, 0) is 4.79 Å². The van der Waals surface area contributed by atoms with E-state index in [2.05, 4.69) is 24.2 Å². The van der Waals surface area contributed by atoms with Gasteiger partial charge in [0, 0.05) is 11.3 Å². The quantitative estimate of drug-likeness (QED) is 0.757. The topological polar surface area (TPSA) is 67.5 Å². The molecule has 0 unspecified atom stereocenters. The van der Waals surface area contributed by atoms with Crippen molar-refractivity contribution in [2.45, 2.75) is 33.2 Å². The van der Waals surface area contributed by atoms with Crippen molar-refractivity contribution < 1.29 is 4.79 Å². The number of hydrogen-bond donors (Lipinski definition) is 2. The van der Waals surface area contributed by atoms with Gasteiger partial charge in [-0.1, -0.05) is 11.8 Å². The van der Waals surface area contributed by atoms with Gasteiger partial charge in [0.15, 0.2) is 5.17 Å². The van der Waals surface area contributed by atoms with Gasteiger partial charge < -0.3 is 11.1 Å².